The highest BCUT2D eigenvalue weighted by Crippen LogP contribution is 2.43. The van der Waals surface area contributed by atoms with Gasteiger partial charge in [0.1, 0.15) is 0 Å². The highest BCUT2D eigenvalue weighted by Gasteiger charge is 2.41. The van der Waals surface area contributed by atoms with Crippen LogP contribution in [0.25, 0.3) is 0 Å². The predicted octanol–water partition coefficient (Wildman–Crippen LogP) is 2.33. The largest absolute Gasteiger partial charge is 0.454 e. The van der Waals surface area contributed by atoms with E-state index in [0.29, 0.717) is 35.8 Å². The van der Waals surface area contributed by atoms with E-state index in [9.17, 15) is 13.2 Å². The third kappa shape index (κ3) is 2.56. The van der Waals surface area contributed by atoms with Gasteiger partial charge < -0.3 is 19.7 Å². The molecule has 0 spiro atoms. The minimum absolute atomic E-state index is 0.135. The maximum absolute atomic E-state index is 13.2. The average Bonchev–Trinajstić information content (AvgIpc) is 3.35. The number of anilines is 1. The summed E-state index contributed by atoms with van der Waals surface area (Å²) in [6.07, 6.45) is 1.39. The number of benzene rings is 2. The normalized spacial score (nSPS) is 18.6. The van der Waals surface area contributed by atoms with Crippen molar-refractivity contribution in [1.29, 1.82) is 0 Å². The van der Waals surface area contributed by atoms with Gasteiger partial charge in [-0.15, -0.1) is 0 Å². The van der Waals surface area contributed by atoms with Crippen molar-refractivity contribution >= 4 is 21.4 Å². The van der Waals surface area contributed by atoms with Crippen LogP contribution in [0.2, 0.25) is 0 Å². The summed E-state index contributed by atoms with van der Waals surface area (Å²) in [4.78, 5) is 14.9. The smallest absolute Gasteiger partial charge is 0.265 e. The minimum atomic E-state index is -3.87. The standard InChI is InChI=1S/C20H18N2O5S/c23-20(21-11-13-7-8-16-17(10-13)27-12-26-16)19-15-5-3-9-22(15)14-4-1-2-6-18(14)28(19,24)25/h1-2,4,6-8,10H,3,5,9,11-12H2,(H,21,23). The molecule has 2 aromatic carbocycles. The number of sulfone groups is 1. The van der Waals surface area contributed by atoms with Crippen LogP contribution in [0.5, 0.6) is 11.5 Å². The number of carbonyl (C=O) groups is 1. The zero-order valence-electron chi connectivity index (χ0n) is 15.0. The van der Waals surface area contributed by atoms with Gasteiger partial charge in [-0.25, -0.2) is 8.42 Å². The molecule has 0 bridgehead atoms. The summed E-state index contributed by atoms with van der Waals surface area (Å²) < 4.78 is 37.0. The summed E-state index contributed by atoms with van der Waals surface area (Å²) in [5.74, 6) is 0.706. The fraction of sp³-hybridized carbons (Fsp3) is 0.250. The first-order valence-electron chi connectivity index (χ1n) is 9.07. The van der Waals surface area contributed by atoms with Crippen molar-refractivity contribution in [1.82, 2.24) is 5.32 Å². The second-order valence-electron chi connectivity index (χ2n) is 6.87. The maximum atomic E-state index is 13.2. The fourth-order valence-corrected chi connectivity index (χ4v) is 5.69. The first kappa shape index (κ1) is 17.1. The topological polar surface area (TPSA) is 84.9 Å². The van der Waals surface area contributed by atoms with Crippen LogP contribution in [0.1, 0.15) is 18.4 Å². The SMILES string of the molecule is O=C(NCc1ccc2c(c1)OCO2)C1=C2CCCN2c2ccccc2S1(=O)=O. The maximum Gasteiger partial charge on any atom is 0.265 e. The lowest BCUT2D eigenvalue weighted by molar-refractivity contribution is -0.117. The van der Waals surface area contributed by atoms with Gasteiger partial charge in [0, 0.05) is 18.8 Å². The van der Waals surface area contributed by atoms with E-state index in [-0.39, 0.29) is 23.1 Å². The first-order valence-corrected chi connectivity index (χ1v) is 10.6. The lowest BCUT2D eigenvalue weighted by Crippen LogP contribution is -2.35. The summed E-state index contributed by atoms with van der Waals surface area (Å²) in [5, 5.41) is 2.76. The second-order valence-corrected chi connectivity index (χ2v) is 8.73. The highest BCUT2D eigenvalue weighted by molar-refractivity contribution is 7.96. The van der Waals surface area contributed by atoms with Crippen molar-refractivity contribution in [3.63, 3.8) is 0 Å². The van der Waals surface area contributed by atoms with E-state index in [0.717, 1.165) is 12.0 Å². The predicted molar refractivity (Wildman–Crippen MR) is 102 cm³/mol. The van der Waals surface area contributed by atoms with Crippen molar-refractivity contribution in [2.75, 3.05) is 18.2 Å². The van der Waals surface area contributed by atoms with E-state index in [1.807, 2.05) is 17.0 Å². The number of fused-ring (bicyclic) bond motifs is 4. The Morgan fingerprint density at radius 1 is 1.11 bits per heavy atom. The number of carbonyl (C=O) groups excluding carboxylic acids is 1. The zero-order chi connectivity index (χ0) is 19.3. The average molecular weight is 398 g/mol. The molecule has 5 rings (SSSR count). The summed E-state index contributed by atoms with van der Waals surface area (Å²) in [7, 11) is -3.87. The molecule has 144 valence electrons. The van der Waals surface area contributed by atoms with Gasteiger partial charge in [0.25, 0.3) is 5.91 Å². The van der Waals surface area contributed by atoms with Gasteiger partial charge in [-0.05, 0) is 42.7 Å². The van der Waals surface area contributed by atoms with E-state index < -0.39 is 15.7 Å². The minimum Gasteiger partial charge on any atom is -0.454 e. The highest BCUT2D eigenvalue weighted by atomic mass is 32.2. The number of hydrogen-bond acceptors (Lipinski definition) is 6. The van der Waals surface area contributed by atoms with Crippen molar-refractivity contribution in [2.45, 2.75) is 24.3 Å². The Bertz CT molecular complexity index is 1120. The Kier molecular flexibility index (Phi) is 3.83. The molecule has 1 fully saturated rings. The molecule has 0 unspecified atom stereocenters. The van der Waals surface area contributed by atoms with Gasteiger partial charge in [-0.2, -0.15) is 0 Å². The molecule has 1 amide bonds. The van der Waals surface area contributed by atoms with E-state index in [2.05, 4.69) is 5.32 Å². The molecule has 0 atom stereocenters. The molecule has 0 radical (unpaired) electrons. The van der Waals surface area contributed by atoms with Gasteiger partial charge in [-0.1, -0.05) is 18.2 Å². The molecular formula is C20H18N2O5S. The Morgan fingerprint density at radius 3 is 2.82 bits per heavy atom. The molecule has 1 saturated heterocycles. The lowest BCUT2D eigenvalue weighted by atomic mass is 10.2. The third-order valence-electron chi connectivity index (χ3n) is 5.19. The van der Waals surface area contributed by atoms with Crippen LogP contribution < -0.4 is 19.7 Å². The van der Waals surface area contributed by atoms with E-state index >= 15 is 0 Å². The number of rotatable bonds is 3. The van der Waals surface area contributed by atoms with Crippen LogP contribution in [0, 0.1) is 0 Å². The number of ether oxygens (including phenoxy) is 2. The Hall–Kier alpha value is -3.00. The van der Waals surface area contributed by atoms with Crippen LogP contribution in [0.15, 0.2) is 58.0 Å². The molecular weight excluding hydrogens is 380 g/mol. The van der Waals surface area contributed by atoms with Gasteiger partial charge in [0.2, 0.25) is 16.6 Å². The van der Waals surface area contributed by atoms with Crippen LogP contribution in [-0.4, -0.2) is 27.7 Å². The van der Waals surface area contributed by atoms with Crippen molar-refractivity contribution in [3.8, 4) is 11.5 Å². The molecule has 7 nitrogen and oxygen atoms in total. The number of hydrogen-bond donors (Lipinski definition) is 1. The molecule has 1 N–H and O–H groups in total. The molecule has 0 aliphatic carbocycles. The number of allylic oxidation sites excluding steroid dienone is 1. The molecule has 3 aliphatic rings. The lowest BCUT2D eigenvalue weighted by Gasteiger charge is -2.29. The number of nitrogens with zero attached hydrogens (tertiary/aromatic N) is 1. The quantitative estimate of drug-likeness (QED) is 0.854. The molecule has 3 heterocycles. The second kappa shape index (κ2) is 6.27. The van der Waals surface area contributed by atoms with Crippen LogP contribution >= 0.6 is 0 Å². The van der Waals surface area contributed by atoms with Gasteiger partial charge in [-0.3, -0.25) is 4.79 Å². The Labute approximate surface area is 162 Å². The monoisotopic (exact) mass is 398 g/mol. The van der Waals surface area contributed by atoms with Crippen molar-refractivity contribution in [2.24, 2.45) is 0 Å². The Balaban J connectivity index is 1.45. The molecule has 0 saturated carbocycles. The number of nitrogens with one attached hydrogen (secondary N) is 1. The number of para-hydroxylation sites is 1. The third-order valence-corrected chi connectivity index (χ3v) is 7.08. The fourth-order valence-electron chi connectivity index (χ4n) is 3.92. The molecule has 0 aromatic heterocycles. The van der Waals surface area contributed by atoms with Gasteiger partial charge in [0.05, 0.1) is 10.6 Å². The van der Waals surface area contributed by atoms with Crippen LogP contribution in [-0.2, 0) is 21.2 Å². The molecule has 8 heteroatoms. The van der Waals surface area contributed by atoms with Crippen LogP contribution in [0.3, 0.4) is 0 Å². The summed E-state index contributed by atoms with van der Waals surface area (Å²) >= 11 is 0. The molecule has 2 aromatic rings. The molecule has 3 aliphatic heterocycles. The summed E-state index contributed by atoms with van der Waals surface area (Å²) in [6, 6.07) is 12.2. The summed E-state index contributed by atoms with van der Waals surface area (Å²) in [5.41, 5.74) is 2.05. The zero-order valence-corrected chi connectivity index (χ0v) is 15.8. The summed E-state index contributed by atoms with van der Waals surface area (Å²) in [6.45, 7) is 1.08. The van der Waals surface area contributed by atoms with E-state index in [1.165, 1.54) is 0 Å². The van der Waals surface area contributed by atoms with Crippen LogP contribution in [0.4, 0.5) is 5.69 Å². The van der Waals surface area contributed by atoms with Gasteiger partial charge in [0.15, 0.2) is 16.4 Å². The number of amides is 1. The Morgan fingerprint density at radius 2 is 1.93 bits per heavy atom. The first-order chi connectivity index (χ1) is 13.6. The van der Waals surface area contributed by atoms with Gasteiger partial charge >= 0.3 is 0 Å². The van der Waals surface area contributed by atoms with E-state index in [1.54, 1.807) is 30.3 Å². The van der Waals surface area contributed by atoms with Crippen molar-refractivity contribution in [3.05, 3.63) is 58.6 Å². The van der Waals surface area contributed by atoms with Crippen molar-refractivity contribution < 1.29 is 22.7 Å². The molecule has 28 heavy (non-hydrogen) atoms. The van der Waals surface area contributed by atoms with E-state index in [4.69, 9.17) is 9.47 Å².